The molecule has 0 spiro atoms. The fraction of sp³-hybridized carbons (Fsp3) is 0.455. The van der Waals surface area contributed by atoms with Crippen LogP contribution in [0.1, 0.15) is 29.6 Å². The highest BCUT2D eigenvalue weighted by Gasteiger charge is 2.25. The van der Waals surface area contributed by atoms with Gasteiger partial charge in [-0.05, 0) is 18.9 Å². The van der Waals surface area contributed by atoms with Gasteiger partial charge in [-0.15, -0.1) is 0 Å². The maximum Gasteiger partial charge on any atom is 0.389 e. The summed E-state index contributed by atoms with van der Waals surface area (Å²) in [5, 5.41) is 2.45. The van der Waals surface area contributed by atoms with Crippen LogP contribution in [0.4, 0.5) is 13.2 Å². The molecular formula is C11H13F3N2O2. The first-order valence-electron chi connectivity index (χ1n) is 5.42. The van der Waals surface area contributed by atoms with E-state index in [1.54, 1.807) is 0 Å². The van der Waals surface area contributed by atoms with Gasteiger partial charge in [0.15, 0.2) is 0 Å². The van der Waals surface area contributed by atoms with E-state index in [4.69, 9.17) is 0 Å². The second kappa shape index (κ2) is 6.23. The molecule has 18 heavy (non-hydrogen) atoms. The summed E-state index contributed by atoms with van der Waals surface area (Å²) in [5.74, 6) is -0.465. The van der Waals surface area contributed by atoms with Gasteiger partial charge in [-0.1, -0.05) is 0 Å². The van der Waals surface area contributed by atoms with Gasteiger partial charge in [0, 0.05) is 30.8 Å². The molecule has 0 aliphatic carbocycles. The fourth-order valence-electron chi connectivity index (χ4n) is 1.34. The van der Waals surface area contributed by atoms with Crippen LogP contribution in [-0.2, 0) is 0 Å². The van der Waals surface area contributed by atoms with E-state index in [9.17, 15) is 22.8 Å². The third-order valence-electron chi connectivity index (χ3n) is 2.21. The van der Waals surface area contributed by atoms with Gasteiger partial charge in [-0.3, -0.25) is 9.59 Å². The SMILES string of the molecule is O=C(NCCCCC(F)(F)F)c1cc[nH]c(=O)c1. The minimum atomic E-state index is -4.16. The van der Waals surface area contributed by atoms with Crippen molar-refractivity contribution < 1.29 is 18.0 Å². The average molecular weight is 262 g/mol. The maximum atomic E-state index is 11.8. The molecule has 0 aliphatic heterocycles. The number of H-pyrrole nitrogens is 1. The Balaban J connectivity index is 2.28. The smallest absolute Gasteiger partial charge is 0.352 e. The lowest BCUT2D eigenvalue weighted by Crippen LogP contribution is -2.25. The number of aromatic amines is 1. The van der Waals surface area contributed by atoms with E-state index in [0.717, 1.165) is 6.07 Å². The van der Waals surface area contributed by atoms with E-state index in [1.807, 2.05) is 0 Å². The number of alkyl halides is 3. The number of hydrogen-bond donors (Lipinski definition) is 2. The number of carbonyl (C=O) groups excluding carboxylic acids is 1. The summed E-state index contributed by atoms with van der Waals surface area (Å²) in [6.45, 7) is 0.154. The van der Waals surface area contributed by atoms with E-state index >= 15 is 0 Å². The highest BCUT2D eigenvalue weighted by molar-refractivity contribution is 5.93. The molecule has 0 atom stereocenters. The molecule has 0 saturated heterocycles. The number of pyridine rings is 1. The Bertz CT molecular complexity index is 454. The molecule has 1 rings (SSSR count). The Morgan fingerprint density at radius 2 is 2.06 bits per heavy atom. The zero-order valence-electron chi connectivity index (χ0n) is 9.51. The van der Waals surface area contributed by atoms with Crippen molar-refractivity contribution in [2.45, 2.75) is 25.4 Å². The van der Waals surface area contributed by atoms with E-state index in [-0.39, 0.29) is 24.9 Å². The molecule has 2 N–H and O–H groups in total. The Hall–Kier alpha value is -1.79. The summed E-state index contributed by atoms with van der Waals surface area (Å²) in [5.41, 5.74) is -0.214. The second-order valence-corrected chi connectivity index (χ2v) is 3.77. The first-order chi connectivity index (χ1) is 8.38. The van der Waals surface area contributed by atoms with Crippen molar-refractivity contribution in [2.24, 2.45) is 0 Å². The molecule has 0 saturated carbocycles. The van der Waals surface area contributed by atoms with Crippen LogP contribution in [0.5, 0.6) is 0 Å². The van der Waals surface area contributed by atoms with E-state index in [2.05, 4.69) is 10.3 Å². The van der Waals surface area contributed by atoms with Crippen molar-refractivity contribution in [2.75, 3.05) is 6.54 Å². The number of amides is 1. The molecular weight excluding hydrogens is 249 g/mol. The summed E-state index contributed by atoms with van der Waals surface area (Å²) >= 11 is 0. The summed E-state index contributed by atoms with van der Waals surface area (Å²) in [4.78, 5) is 24.8. The van der Waals surface area contributed by atoms with Gasteiger partial charge in [0.1, 0.15) is 0 Å². The van der Waals surface area contributed by atoms with Gasteiger partial charge < -0.3 is 10.3 Å². The molecule has 1 amide bonds. The van der Waals surface area contributed by atoms with Crippen LogP contribution in [0, 0.1) is 0 Å². The lowest BCUT2D eigenvalue weighted by Gasteiger charge is -2.07. The highest BCUT2D eigenvalue weighted by Crippen LogP contribution is 2.21. The molecule has 1 heterocycles. The molecule has 0 aliphatic rings. The predicted octanol–water partition coefficient (Wildman–Crippen LogP) is 1.84. The third kappa shape index (κ3) is 5.51. The minimum absolute atomic E-state index is 0.0286. The number of hydrogen-bond acceptors (Lipinski definition) is 2. The Morgan fingerprint density at radius 1 is 1.33 bits per heavy atom. The largest absolute Gasteiger partial charge is 0.389 e. The predicted molar refractivity (Wildman–Crippen MR) is 59.3 cm³/mol. The second-order valence-electron chi connectivity index (χ2n) is 3.77. The zero-order chi connectivity index (χ0) is 13.6. The maximum absolute atomic E-state index is 11.8. The average Bonchev–Trinajstić information content (AvgIpc) is 2.26. The van der Waals surface area contributed by atoms with Gasteiger partial charge >= 0.3 is 6.18 Å². The van der Waals surface area contributed by atoms with E-state index < -0.39 is 24.1 Å². The lowest BCUT2D eigenvalue weighted by molar-refractivity contribution is -0.135. The molecule has 0 fully saturated rings. The molecule has 0 bridgehead atoms. The van der Waals surface area contributed by atoms with Gasteiger partial charge in [0.2, 0.25) is 5.56 Å². The number of aromatic nitrogens is 1. The molecule has 0 unspecified atom stereocenters. The van der Waals surface area contributed by atoms with Crippen molar-refractivity contribution >= 4 is 5.91 Å². The molecule has 0 radical (unpaired) electrons. The van der Waals surface area contributed by atoms with Crippen molar-refractivity contribution in [1.29, 1.82) is 0 Å². The Morgan fingerprint density at radius 3 is 2.67 bits per heavy atom. The summed E-state index contributed by atoms with van der Waals surface area (Å²) in [6, 6.07) is 2.55. The Labute approximate surface area is 101 Å². The van der Waals surface area contributed by atoms with Gasteiger partial charge in [0.05, 0.1) is 0 Å². The normalized spacial score (nSPS) is 11.3. The number of carbonyl (C=O) groups is 1. The van der Waals surface area contributed by atoms with Crippen LogP contribution < -0.4 is 10.9 Å². The van der Waals surface area contributed by atoms with Crippen LogP contribution in [0.2, 0.25) is 0 Å². The van der Waals surface area contributed by atoms with Crippen LogP contribution in [0.25, 0.3) is 0 Å². The molecule has 100 valence electrons. The fourth-order valence-corrected chi connectivity index (χ4v) is 1.34. The summed E-state index contributed by atoms with van der Waals surface area (Å²) in [6.07, 6.45) is -3.46. The van der Waals surface area contributed by atoms with Crippen LogP contribution in [-0.4, -0.2) is 23.6 Å². The molecule has 1 aromatic rings. The summed E-state index contributed by atoms with van der Waals surface area (Å²) < 4.78 is 35.5. The monoisotopic (exact) mass is 262 g/mol. The van der Waals surface area contributed by atoms with Crippen molar-refractivity contribution in [3.05, 3.63) is 34.2 Å². The first-order valence-corrected chi connectivity index (χ1v) is 5.42. The molecule has 7 heteroatoms. The van der Waals surface area contributed by atoms with Crippen LogP contribution in [0.3, 0.4) is 0 Å². The lowest BCUT2D eigenvalue weighted by atomic mass is 10.2. The van der Waals surface area contributed by atoms with Gasteiger partial charge in [-0.2, -0.15) is 13.2 Å². The van der Waals surface area contributed by atoms with Gasteiger partial charge in [-0.25, -0.2) is 0 Å². The van der Waals surface area contributed by atoms with Crippen molar-refractivity contribution in [3.63, 3.8) is 0 Å². The van der Waals surface area contributed by atoms with E-state index in [1.165, 1.54) is 12.3 Å². The highest BCUT2D eigenvalue weighted by atomic mass is 19.4. The van der Waals surface area contributed by atoms with Crippen molar-refractivity contribution in [1.82, 2.24) is 10.3 Å². The van der Waals surface area contributed by atoms with E-state index in [0.29, 0.717) is 0 Å². The molecule has 0 aromatic carbocycles. The topological polar surface area (TPSA) is 62.0 Å². The minimum Gasteiger partial charge on any atom is -0.352 e. The zero-order valence-corrected chi connectivity index (χ0v) is 9.51. The number of halogens is 3. The number of nitrogens with one attached hydrogen (secondary N) is 2. The number of rotatable bonds is 5. The number of unbranched alkanes of at least 4 members (excludes halogenated alkanes) is 1. The van der Waals surface area contributed by atoms with Gasteiger partial charge in [0.25, 0.3) is 5.91 Å². The molecule has 1 aromatic heterocycles. The first kappa shape index (κ1) is 14.3. The Kier molecular flexibility index (Phi) is 4.94. The molecule has 4 nitrogen and oxygen atoms in total. The quantitative estimate of drug-likeness (QED) is 0.795. The standard InChI is InChI=1S/C11H13F3N2O2/c12-11(13,14)4-1-2-5-16-10(18)8-3-6-15-9(17)7-8/h3,6-7H,1-2,4-5H2,(H,15,17)(H,16,18). The van der Waals surface area contributed by atoms with Crippen molar-refractivity contribution in [3.8, 4) is 0 Å². The third-order valence-corrected chi connectivity index (χ3v) is 2.21. The summed E-state index contributed by atoms with van der Waals surface area (Å²) in [7, 11) is 0. The van der Waals surface area contributed by atoms with Crippen LogP contribution >= 0.6 is 0 Å². The van der Waals surface area contributed by atoms with Crippen LogP contribution in [0.15, 0.2) is 23.1 Å².